The molecule has 1 fully saturated rings. The van der Waals surface area contributed by atoms with Crippen molar-refractivity contribution in [2.24, 2.45) is 0 Å². The number of fused-ring (bicyclic) bond motifs is 1. The van der Waals surface area contributed by atoms with Gasteiger partial charge in [0.25, 0.3) is 0 Å². The predicted octanol–water partition coefficient (Wildman–Crippen LogP) is 3.83. The highest BCUT2D eigenvalue weighted by molar-refractivity contribution is 5.98. The van der Waals surface area contributed by atoms with E-state index < -0.39 is 0 Å². The van der Waals surface area contributed by atoms with Crippen LogP contribution in [-0.2, 0) is 22.3 Å². The van der Waals surface area contributed by atoms with Crippen molar-refractivity contribution in [1.29, 1.82) is 0 Å². The van der Waals surface area contributed by atoms with E-state index in [1.54, 1.807) is 7.11 Å². The monoisotopic (exact) mass is 423 g/mol. The molecule has 0 saturated carbocycles. The summed E-state index contributed by atoms with van der Waals surface area (Å²) in [5.41, 5.74) is 14.2. The number of benzene rings is 2. The van der Waals surface area contributed by atoms with E-state index in [0.29, 0.717) is 13.0 Å². The Morgan fingerprint density at radius 2 is 2.00 bits per heavy atom. The van der Waals surface area contributed by atoms with Gasteiger partial charge in [-0.25, -0.2) is 5.43 Å². The minimum Gasteiger partial charge on any atom is -0.383 e. The Morgan fingerprint density at radius 3 is 2.74 bits per heavy atom. The smallest absolute Gasteiger partial charge is 0.163 e. The number of ketones is 1. The maximum absolute atomic E-state index is 13.1. The van der Waals surface area contributed by atoms with E-state index in [-0.39, 0.29) is 11.8 Å². The molecule has 0 bridgehead atoms. The van der Waals surface area contributed by atoms with Gasteiger partial charge in [-0.1, -0.05) is 13.0 Å². The first kappa shape index (κ1) is 21.8. The summed E-state index contributed by atoms with van der Waals surface area (Å²) in [7, 11) is 1.69. The molecule has 2 aromatic rings. The van der Waals surface area contributed by atoms with Gasteiger partial charge in [0.15, 0.2) is 5.78 Å². The van der Waals surface area contributed by atoms with Crippen LogP contribution in [0.4, 0.5) is 11.4 Å². The lowest BCUT2D eigenvalue weighted by atomic mass is 9.93. The number of nitrogens with one attached hydrogen (secondary N) is 2. The van der Waals surface area contributed by atoms with Gasteiger partial charge in [-0.2, -0.15) is 0 Å². The van der Waals surface area contributed by atoms with Crippen molar-refractivity contribution in [1.82, 2.24) is 5.43 Å². The van der Waals surface area contributed by atoms with Crippen molar-refractivity contribution in [2.75, 3.05) is 50.3 Å². The molecule has 0 radical (unpaired) electrons. The molecular weight excluding hydrogens is 390 g/mol. The topological polar surface area (TPSA) is 62.8 Å². The molecule has 2 heterocycles. The molecule has 2 N–H and O–H groups in total. The van der Waals surface area contributed by atoms with Crippen LogP contribution in [0.5, 0.6) is 0 Å². The fraction of sp³-hybridized carbons (Fsp3) is 0.480. The number of aryl methyl sites for hydroxylation is 3. The van der Waals surface area contributed by atoms with Gasteiger partial charge in [0.1, 0.15) is 0 Å². The van der Waals surface area contributed by atoms with E-state index in [4.69, 9.17) is 9.47 Å². The van der Waals surface area contributed by atoms with E-state index in [1.807, 2.05) is 13.0 Å². The quantitative estimate of drug-likeness (QED) is 0.630. The van der Waals surface area contributed by atoms with E-state index >= 15 is 0 Å². The molecule has 0 amide bonds. The first-order valence-corrected chi connectivity index (χ1v) is 11.2. The van der Waals surface area contributed by atoms with Crippen LogP contribution >= 0.6 is 0 Å². The molecule has 0 aliphatic carbocycles. The number of ether oxygens (including phenoxy) is 2. The van der Waals surface area contributed by atoms with E-state index in [1.165, 1.54) is 16.8 Å². The Hall–Kier alpha value is -2.41. The summed E-state index contributed by atoms with van der Waals surface area (Å²) in [5, 5.41) is 0. The lowest BCUT2D eigenvalue weighted by Gasteiger charge is -2.29. The highest BCUT2D eigenvalue weighted by Crippen LogP contribution is 2.32. The van der Waals surface area contributed by atoms with Gasteiger partial charge in [0, 0.05) is 37.9 Å². The molecule has 6 heteroatoms. The number of hydrazine groups is 1. The van der Waals surface area contributed by atoms with Crippen molar-refractivity contribution in [2.45, 2.75) is 39.2 Å². The number of morpholine rings is 1. The molecule has 0 spiro atoms. The van der Waals surface area contributed by atoms with Crippen LogP contribution in [-0.4, -0.2) is 45.8 Å². The summed E-state index contributed by atoms with van der Waals surface area (Å²) in [5.74, 6) is 0.197. The van der Waals surface area contributed by atoms with Crippen LogP contribution in [0.1, 0.15) is 52.0 Å². The summed E-state index contributed by atoms with van der Waals surface area (Å²) < 4.78 is 10.8. The third-order valence-electron chi connectivity index (χ3n) is 6.36. The number of methoxy groups -OCH3 is 1. The highest BCUT2D eigenvalue weighted by atomic mass is 16.5. The van der Waals surface area contributed by atoms with Crippen molar-refractivity contribution >= 4 is 17.2 Å². The SMILES string of the molecule is CCc1cc(N2CCOCC2)ccc1CCC(=O)c1cc2c(cc1C)NNC2COC. The molecule has 2 aromatic carbocycles. The Bertz CT molecular complexity index is 938. The fourth-order valence-corrected chi connectivity index (χ4v) is 4.55. The van der Waals surface area contributed by atoms with Crippen molar-refractivity contribution < 1.29 is 14.3 Å². The highest BCUT2D eigenvalue weighted by Gasteiger charge is 2.24. The summed E-state index contributed by atoms with van der Waals surface area (Å²) >= 11 is 0. The molecule has 2 aliphatic heterocycles. The minimum atomic E-state index is 0.0616. The molecular formula is C25H33N3O3. The molecule has 166 valence electrons. The average Bonchev–Trinajstić information content (AvgIpc) is 3.19. The van der Waals surface area contributed by atoms with Crippen molar-refractivity contribution in [3.63, 3.8) is 0 Å². The number of anilines is 2. The molecule has 0 aromatic heterocycles. The maximum Gasteiger partial charge on any atom is 0.163 e. The number of hydrogen-bond acceptors (Lipinski definition) is 6. The zero-order chi connectivity index (χ0) is 21.8. The van der Waals surface area contributed by atoms with Crippen LogP contribution in [0.2, 0.25) is 0 Å². The van der Waals surface area contributed by atoms with Gasteiger partial charge in [0.05, 0.1) is 31.5 Å². The third-order valence-corrected chi connectivity index (χ3v) is 6.36. The summed E-state index contributed by atoms with van der Waals surface area (Å²) in [6, 6.07) is 10.8. The van der Waals surface area contributed by atoms with Crippen LogP contribution < -0.4 is 15.8 Å². The van der Waals surface area contributed by atoms with E-state index in [0.717, 1.165) is 61.5 Å². The van der Waals surface area contributed by atoms with Crippen LogP contribution in [0.25, 0.3) is 0 Å². The fourth-order valence-electron chi connectivity index (χ4n) is 4.55. The van der Waals surface area contributed by atoms with Crippen molar-refractivity contribution in [3.05, 3.63) is 58.1 Å². The Kier molecular flexibility index (Phi) is 6.90. The van der Waals surface area contributed by atoms with Crippen LogP contribution in [0.15, 0.2) is 30.3 Å². The van der Waals surface area contributed by atoms with E-state index in [9.17, 15) is 4.79 Å². The Morgan fingerprint density at radius 1 is 1.19 bits per heavy atom. The number of hydrogen-bond donors (Lipinski definition) is 2. The van der Waals surface area contributed by atoms with Gasteiger partial charge < -0.3 is 19.8 Å². The largest absolute Gasteiger partial charge is 0.383 e. The zero-order valence-electron chi connectivity index (χ0n) is 18.8. The molecule has 6 nitrogen and oxygen atoms in total. The standard InChI is InChI=1S/C25H33N3O3/c1-4-18-14-20(28-9-11-31-12-10-28)7-5-19(18)6-8-25(29)21-15-22-23(13-17(21)2)26-27-24(22)16-30-3/h5,7,13-15,24,26-27H,4,6,8-12,16H2,1-3H3. The first-order chi connectivity index (χ1) is 15.1. The van der Waals surface area contributed by atoms with Crippen LogP contribution in [0.3, 0.4) is 0 Å². The Labute approximate surface area is 184 Å². The second kappa shape index (κ2) is 9.81. The summed E-state index contributed by atoms with van der Waals surface area (Å²) in [6.07, 6.45) is 2.24. The third kappa shape index (κ3) is 4.76. The van der Waals surface area contributed by atoms with Gasteiger partial charge in [-0.3, -0.25) is 4.79 Å². The number of carbonyl (C=O) groups excluding carboxylic acids is 1. The lowest BCUT2D eigenvalue weighted by Crippen LogP contribution is -2.36. The molecule has 1 saturated heterocycles. The second-order valence-electron chi connectivity index (χ2n) is 8.36. The number of carbonyl (C=O) groups is 1. The molecule has 2 aliphatic rings. The molecule has 1 atom stereocenters. The summed E-state index contributed by atoms with van der Waals surface area (Å²) in [6.45, 7) is 8.20. The van der Waals surface area contributed by atoms with Gasteiger partial charge in [-0.15, -0.1) is 0 Å². The lowest BCUT2D eigenvalue weighted by molar-refractivity contribution is 0.0982. The Balaban J connectivity index is 1.47. The number of nitrogens with zero attached hydrogens (tertiary/aromatic N) is 1. The number of rotatable bonds is 8. The summed E-state index contributed by atoms with van der Waals surface area (Å²) in [4.78, 5) is 15.5. The minimum absolute atomic E-state index is 0.0616. The maximum atomic E-state index is 13.1. The van der Waals surface area contributed by atoms with Crippen LogP contribution in [0, 0.1) is 6.92 Å². The first-order valence-electron chi connectivity index (χ1n) is 11.2. The van der Waals surface area contributed by atoms with Gasteiger partial charge >= 0.3 is 0 Å². The number of Topliss-reactive ketones (excluding diaryl/α,β-unsaturated/α-hetero) is 1. The normalized spacial score (nSPS) is 18.0. The zero-order valence-corrected chi connectivity index (χ0v) is 18.8. The molecule has 31 heavy (non-hydrogen) atoms. The molecule has 4 rings (SSSR count). The van der Waals surface area contributed by atoms with E-state index in [2.05, 4.69) is 46.9 Å². The second-order valence-corrected chi connectivity index (χ2v) is 8.36. The average molecular weight is 424 g/mol. The predicted molar refractivity (Wildman–Crippen MR) is 124 cm³/mol. The van der Waals surface area contributed by atoms with Crippen molar-refractivity contribution in [3.8, 4) is 0 Å². The van der Waals surface area contributed by atoms with Gasteiger partial charge in [0.2, 0.25) is 0 Å². The molecule has 1 unspecified atom stereocenters. The van der Waals surface area contributed by atoms with Gasteiger partial charge in [-0.05, 0) is 66.3 Å².